The number of anilines is 1. The monoisotopic (exact) mass is 513 g/mol. The lowest BCUT2D eigenvalue weighted by Crippen LogP contribution is -2.52. The van der Waals surface area contributed by atoms with Gasteiger partial charge < -0.3 is 20.6 Å². The molecule has 3 saturated heterocycles. The summed E-state index contributed by atoms with van der Waals surface area (Å²) >= 11 is 7.61. The third kappa shape index (κ3) is 3.65. The minimum Gasteiger partial charge on any atom is -0.394 e. The van der Waals surface area contributed by atoms with Crippen LogP contribution in [-0.4, -0.2) is 56.9 Å². The molecule has 3 amide bonds. The number of rotatable bonds is 6. The first kappa shape index (κ1) is 24.2. The Labute approximate surface area is 213 Å². The Bertz CT molecular complexity index is 1160. The Balaban J connectivity index is 1.61. The summed E-state index contributed by atoms with van der Waals surface area (Å²) in [6, 6.07) is 14.5. The Morgan fingerprint density at radius 2 is 1.83 bits per heavy atom. The quantitative estimate of drug-likeness (QED) is 0.551. The maximum absolute atomic E-state index is 14.2. The smallest absolute Gasteiger partial charge is 0.248 e. The van der Waals surface area contributed by atoms with E-state index in [1.54, 1.807) is 48.0 Å². The number of carbonyl (C=O) groups excluding carboxylic acids is 3. The van der Waals surface area contributed by atoms with Crippen molar-refractivity contribution in [3.8, 4) is 0 Å². The molecule has 0 saturated carbocycles. The normalized spacial score (nSPS) is 31.8. The fourth-order valence-electron chi connectivity index (χ4n) is 6.33. The first-order valence-electron chi connectivity index (χ1n) is 11.7. The zero-order valence-corrected chi connectivity index (χ0v) is 21.1. The highest BCUT2D eigenvalue weighted by Crippen LogP contribution is 2.72. The average molecular weight is 514 g/mol. The van der Waals surface area contributed by atoms with Crippen molar-refractivity contribution in [2.24, 2.45) is 11.8 Å². The molecule has 2 unspecified atom stereocenters. The van der Waals surface area contributed by atoms with E-state index >= 15 is 0 Å². The van der Waals surface area contributed by atoms with Crippen LogP contribution in [0.5, 0.6) is 0 Å². The topological polar surface area (TPSA) is 98.7 Å². The molecule has 184 valence electrons. The van der Waals surface area contributed by atoms with E-state index in [-0.39, 0.29) is 24.3 Å². The van der Waals surface area contributed by atoms with Gasteiger partial charge in [-0.1, -0.05) is 41.9 Å². The Morgan fingerprint density at radius 3 is 2.46 bits per heavy atom. The summed E-state index contributed by atoms with van der Waals surface area (Å²) < 4.78 is -1.20. The largest absolute Gasteiger partial charge is 0.394 e. The van der Waals surface area contributed by atoms with Gasteiger partial charge in [-0.05, 0) is 49.6 Å². The highest BCUT2D eigenvalue weighted by Gasteiger charge is 2.77. The van der Waals surface area contributed by atoms with Crippen molar-refractivity contribution in [1.29, 1.82) is 0 Å². The van der Waals surface area contributed by atoms with Gasteiger partial charge in [-0.15, -0.1) is 11.8 Å². The lowest BCUT2D eigenvalue weighted by molar-refractivity contribution is -0.142. The van der Waals surface area contributed by atoms with E-state index in [9.17, 15) is 19.5 Å². The van der Waals surface area contributed by atoms with Crippen LogP contribution in [0.4, 0.5) is 5.69 Å². The predicted octanol–water partition coefficient (Wildman–Crippen LogP) is 3.24. The second-order valence-electron chi connectivity index (χ2n) is 9.69. The van der Waals surface area contributed by atoms with Crippen molar-refractivity contribution < 1.29 is 19.5 Å². The van der Waals surface area contributed by atoms with E-state index in [0.29, 0.717) is 17.1 Å². The van der Waals surface area contributed by atoms with Crippen LogP contribution in [0.1, 0.15) is 31.4 Å². The van der Waals surface area contributed by atoms with E-state index in [2.05, 4.69) is 10.6 Å². The minimum absolute atomic E-state index is 0.182. The van der Waals surface area contributed by atoms with Crippen LogP contribution < -0.4 is 10.6 Å². The third-order valence-electron chi connectivity index (χ3n) is 7.80. The number of nitrogens with zero attached hydrogens (tertiary/aromatic N) is 1. The first-order chi connectivity index (χ1) is 16.8. The van der Waals surface area contributed by atoms with Crippen LogP contribution in [0, 0.1) is 11.8 Å². The number of likely N-dealkylation sites (tertiary alicyclic amines) is 1. The number of aliphatic hydroxyl groups excluding tert-OH is 1. The van der Waals surface area contributed by atoms with Crippen molar-refractivity contribution >= 4 is 46.8 Å². The SMILES string of the molecule is CNC(=O)[C@H]1[C@H]2C(=O)N([C@H](CO)c3ccccc3)C(C(=O)Nc3ccc(Cl)cc3)C23CC[C@]1(C)S3. The van der Waals surface area contributed by atoms with Gasteiger partial charge in [0.2, 0.25) is 17.7 Å². The molecule has 3 aliphatic heterocycles. The molecule has 0 aliphatic carbocycles. The number of hydrogen-bond acceptors (Lipinski definition) is 5. The van der Waals surface area contributed by atoms with Gasteiger partial charge >= 0.3 is 0 Å². The van der Waals surface area contributed by atoms with Crippen LogP contribution in [-0.2, 0) is 14.4 Å². The predicted molar refractivity (Wildman–Crippen MR) is 136 cm³/mol. The van der Waals surface area contributed by atoms with Crippen LogP contribution in [0.3, 0.4) is 0 Å². The molecule has 3 heterocycles. The number of aliphatic hydroxyl groups is 1. The summed E-state index contributed by atoms with van der Waals surface area (Å²) in [5.41, 5.74) is 1.31. The summed E-state index contributed by atoms with van der Waals surface area (Å²) in [5.74, 6) is -1.96. The number of thioether (sulfide) groups is 1. The lowest BCUT2D eigenvalue weighted by Gasteiger charge is -2.37. The van der Waals surface area contributed by atoms with Gasteiger partial charge in [-0.2, -0.15) is 0 Å². The van der Waals surface area contributed by atoms with Crippen molar-refractivity contribution in [2.75, 3.05) is 19.0 Å². The molecule has 6 atom stereocenters. The molecule has 7 nitrogen and oxygen atoms in total. The molecule has 35 heavy (non-hydrogen) atoms. The average Bonchev–Trinajstić information content (AvgIpc) is 3.42. The number of hydrogen-bond donors (Lipinski definition) is 3. The van der Waals surface area contributed by atoms with Crippen LogP contribution >= 0.6 is 23.4 Å². The molecule has 0 aromatic heterocycles. The second-order valence-corrected chi connectivity index (χ2v) is 12.0. The van der Waals surface area contributed by atoms with E-state index in [0.717, 1.165) is 12.0 Å². The van der Waals surface area contributed by atoms with Gasteiger partial charge in [0.1, 0.15) is 6.04 Å². The first-order valence-corrected chi connectivity index (χ1v) is 12.9. The Kier molecular flexibility index (Phi) is 6.10. The molecular weight excluding hydrogens is 486 g/mol. The maximum atomic E-state index is 14.2. The standard InChI is InChI=1S/C26H28ClN3O4S/c1-25-12-13-26(35-25)20(19(25)22(32)28-2)24(34)30(18(14-31)15-6-4-3-5-7-15)21(26)23(33)29-17-10-8-16(27)9-11-17/h3-11,18-21,31H,12-14H2,1-2H3,(H,28,32)(H,29,33)/t18-,19-,20+,21?,25+,26?/m1/s1. The van der Waals surface area contributed by atoms with Crippen LogP contribution in [0.2, 0.25) is 5.02 Å². The third-order valence-corrected chi connectivity index (χ3v) is 10.0. The van der Waals surface area contributed by atoms with Gasteiger partial charge in [0, 0.05) is 22.5 Å². The van der Waals surface area contributed by atoms with Gasteiger partial charge in [0.05, 0.1) is 29.2 Å². The molecule has 9 heteroatoms. The molecule has 3 aliphatic rings. The molecule has 2 aromatic rings. The highest BCUT2D eigenvalue weighted by molar-refractivity contribution is 8.02. The van der Waals surface area contributed by atoms with Gasteiger partial charge in [0.15, 0.2) is 0 Å². The summed E-state index contributed by atoms with van der Waals surface area (Å²) in [6.07, 6.45) is 1.37. The van der Waals surface area contributed by atoms with Crippen LogP contribution in [0.15, 0.2) is 54.6 Å². The Morgan fingerprint density at radius 1 is 1.14 bits per heavy atom. The number of halogens is 1. The fourth-order valence-corrected chi connectivity index (χ4v) is 8.80. The van der Waals surface area contributed by atoms with Crippen molar-refractivity contribution in [3.63, 3.8) is 0 Å². The molecular formula is C26H28ClN3O4S. The van der Waals surface area contributed by atoms with Gasteiger partial charge in [-0.3, -0.25) is 14.4 Å². The summed E-state index contributed by atoms with van der Waals surface area (Å²) in [5, 5.41) is 16.7. The summed E-state index contributed by atoms with van der Waals surface area (Å²) in [7, 11) is 1.58. The molecule has 1 spiro atoms. The Hall–Kier alpha value is -2.55. The van der Waals surface area contributed by atoms with Crippen molar-refractivity contribution in [2.45, 2.75) is 41.3 Å². The summed E-state index contributed by atoms with van der Waals surface area (Å²) in [4.78, 5) is 42.7. The lowest BCUT2D eigenvalue weighted by atomic mass is 9.66. The number of nitrogens with one attached hydrogen (secondary N) is 2. The number of benzene rings is 2. The molecule has 2 bridgehead atoms. The zero-order valence-electron chi connectivity index (χ0n) is 19.5. The molecule has 3 N–H and O–H groups in total. The number of carbonyl (C=O) groups is 3. The molecule has 2 aromatic carbocycles. The fraction of sp³-hybridized carbons (Fsp3) is 0.423. The highest BCUT2D eigenvalue weighted by atomic mass is 35.5. The number of amides is 3. The van der Waals surface area contributed by atoms with E-state index in [1.807, 2.05) is 37.3 Å². The van der Waals surface area contributed by atoms with Crippen LogP contribution in [0.25, 0.3) is 0 Å². The van der Waals surface area contributed by atoms with Gasteiger partial charge in [0.25, 0.3) is 0 Å². The minimum atomic E-state index is -0.852. The van der Waals surface area contributed by atoms with Crippen molar-refractivity contribution in [3.05, 3.63) is 65.2 Å². The number of fused-ring (bicyclic) bond motifs is 1. The maximum Gasteiger partial charge on any atom is 0.248 e. The van der Waals surface area contributed by atoms with E-state index in [4.69, 9.17) is 11.6 Å². The van der Waals surface area contributed by atoms with E-state index in [1.165, 1.54) is 0 Å². The van der Waals surface area contributed by atoms with Gasteiger partial charge in [-0.25, -0.2) is 0 Å². The zero-order chi connectivity index (χ0) is 25.0. The molecule has 3 fully saturated rings. The van der Waals surface area contributed by atoms with E-state index < -0.39 is 33.4 Å². The molecule has 0 radical (unpaired) electrons. The molecule has 5 rings (SSSR count). The van der Waals surface area contributed by atoms with Crippen molar-refractivity contribution in [1.82, 2.24) is 10.2 Å². The second kappa shape index (κ2) is 8.84. The summed E-state index contributed by atoms with van der Waals surface area (Å²) in [6.45, 7) is 1.69.